The number of hydrogen-bond donors (Lipinski definition) is 1. The van der Waals surface area contributed by atoms with E-state index in [1.807, 2.05) is 24.5 Å². The van der Waals surface area contributed by atoms with Gasteiger partial charge < -0.3 is 5.32 Å². The molecule has 0 aliphatic heterocycles. The zero-order valence-corrected chi connectivity index (χ0v) is 13.8. The lowest BCUT2D eigenvalue weighted by Crippen LogP contribution is -2.37. The van der Waals surface area contributed by atoms with E-state index in [1.54, 1.807) is 0 Å². The molecule has 4 nitrogen and oxygen atoms in total. The molecule has 20 heavy (non-hydrogen) atoms. The van der Waals surface area contributed by atoms with Crippen molar-refractivity contribution < 1.29 is 0 Å². The molecular formula is C15H21BrN4. The molecule has 0 spiro atoms. The zero-order valence-electron chi connectivity index (χ0n) is 12.2. The molecule has 1 N–H and O–H groups in total. The molecule has 5 heteroatoms. The standard InChI is InChI=1S/C15H21BrN4/c1-4-20(5-2)11(3)9-18-13-6-7-17-14-8-12(16)10-19-15(13)14/h6-8,10-11H,4-5,9H2,1-3H3,(H,17,18). The van der Waals surface area contributed by atoms with Crippen molar-refractivity contribution in [3.05, 3.63) is 29.0 Å². The van der Waals surface area contributed by atoms with Crippen molar-refractivity contribution in [2.75, 3.05) is 25.0 Å². The third-order valence-electron chi connectivity index (χ3n) is 3.57. The summed E-state index contributed by atoms with van der Waals surface area (Å²) in [5.74, 6) is 0. The van der Waals surface area contributed by atoms with Gasteiger partial charge in [0.15, 0.2) is 0 Å². The first-order chi connectivity index (χ1) is 9.65. The van der Waals surface area contributed by atoms with Gasteiger partial charge in [0.2, 0.25) is 0 Å². The van der Waals surface area contributed by atoms with Crippen LogP contribution in [0.1, 0.15) is 20.8 Å². The number of anilines is 1. The maximum Gasteiger partial charge on any atom is 0.112 e. The van der Waals surface area contributed by atoms with Crippen LogP contribution < -0.4 is 5.32 Å². The van der Waals surface area contributed by atoms with E-state index in [0.717, 1.165) is 40.8 Å². The molecule has 0 aliphatic rings. The normalized spacial score (nSPS) is 12.8. The largest absolute Gasteiger partial charge is 0.382 e. The Bertz CT molecular complexity index is 569. The maximum atomic E-state index is 4.46. The van der Waals surface area contributed by atoms with Gasteiger partial charge in [-0.2, -0.15) is 0 Å². The lowest BCUT2D eigenvalue weighted by molar-refractivity contribution is 0.240. The molecule has 0 aliphatic carbocycles. The predicted molar refractivity (Wildman–Crippen MR) is 88.1 cm³/mol. The van der Waals surface area contributed by atoms with Crippen molar-refractivity contribution in [2.45, 2.75) is 26.8 Å². The Morgan fingerprint density at radius 3 is 2.75 bits per heavy atom. The number of rotatable bonds is 6. The first-order valence-electron chi connectivity index (χ1n) is 7.03. The van der Waals surface area contributed by atoms with E-state index in [9.17, 15) is 0 Å². The second kappa shape index (κ2) is 6.99. The van der Waals surface area contributed by atoms with Crippen LogP contribution in [-0.2, 0) is 0 Å². The topological polar surface area (TPSA) is 41.0 Å². The summed E-state index contributed by atoms with van der Waals surface area (Å²) >= 11 is 3.43. The molecule has 2 rings (SSSR count). The maximum absolute atomic E-state index is 4.46. The Hall–Kier alpha value is -1.20. The Morgan fingerprint density at radius 2 is 2.05 bits per heavy atom. The number of nitrogens with one attached hydrogen (secondary N) is 1. The van der Waals surface area contributed by atoms with Crippen LogP contribution in [0, 0.1) is 0 Å². The van der Waals surface area contributed by atoms with Crippen LogP contribution in [-0.4, -0.2) is 40.5 Å². The molecule has 0 aromatic carbocycles. The fourth-order valence-electron chi connectivity index (χ4n) is 2.38. The number of nitrogens with zero attached hydrogens (tertiary/aromatic N) is 3. The zero-order chi connectivity index (χ0) is 14.5. The molecule has 1 atom stereocenters. The van der Waals surface area contributed by atoms with Crippen molar-refractivity contribution in [1.29, 1.82) is 0 Å². The number of likely N-dealkylation sites (N-methyl/N-ethyl adjacent to an activating group) is 1. The Balaban J connectivity index is 2.14. The quantitative estimate of drug-likeness (QED) is 0.875. The van der Waals surface area contributed by atoms with E-state index >= 15 is 0 Å². The second-order valence-corrected chi connectivity index (χ2v) is 5.75. The summed E-state index contributed by atoms with van der Waals surface area (Å²) in [6.45, 7) is 9.68. The highest BCUT2D eigenvalue weighted by Gasteiger charge is 2.10. The van der Waals surface area contributed by atoms with E-state index in [-0.39, 0.29) is 0 Å². The van der Waals surface area contributed by atoms with Gasteiger partial charge in [-0.1, -0.05) is 13.8 Å². The SMILES string of the molecule is CCN(CC)C(C)CNc1ccnc2cc(Br)cnc12. The minimum atomic E-state index is 0.490. The van der Waals surface area contributed by atoms with Gasteiger partial charge >= 0.3 is 0 Å². The van der Waals surface area contributed by atoms with Crippen LogP contribution in [0.5, 0.6) is 0 Å². The summed E-state index contributed by atoms with van der Waals surface area (Å²) in [7, 11) is 0. The fraction of sp³-hybridized carbons (Fsp3) is 0.467. The smallest absolute Gasteiger partial charge is 0.112 e. The molecule has 0 bridgehead atoms. The third kappa shape index (κ3) is 3.46. The number of fused-ring (bicyclic) bond motifs is 1. The third-order valence-corrected chi connectivity index (χ3v) is 4.00. The summed E-state index contributed by atoms with van der Waals surface area (Å²) in [4.78, 5) is 11.2. The van der Waals surface area contributed by atoms with Crippen LogP contribution in [0.3, 0.4) is 0 Å². The van der Waals surface area contributed by atoms with E-state index in [4.69, 9.17) is 0 Å². The molecule has 2 heterocycles. The lowest BCUT2D eigenvalue weighted by atomic mass is 10.2. The molecule has 0 amide bonds. The lowest BCUT2D eigenvalue weighted by Gasteiger charge is -2.26. The van der Waals surface area contributed by atoms with E-state index < -0.39 is 0 Å². The summed E-state index contributed by atoms with van der Waals surface area (Å²) in [6, 6.07) is 4.46. The average Bonchev–Trinajstić information content (AvgIpc) is 2.45. The number of pyridine rings is 2. The summed E-state index contributed by atoms with van der Waals surface area (Å²) in [5.41, 5.74) is 2.86. The minimum absolute atomic E-state index is 0.490. The van der Waals surface area contributed by atoms with Crippen LogP contribution in [0.2, 0.25) is 0 Å². The van der Waals surface area contributed by atoms with Gasteiger partial charge in [-0.3, -0.25) is 14.9 Å². The van der Waals surface area contributed by atoms with Gasteiger partial charge in [0.25, 0.3) is 0 Å². The van der Waals surface area contributed by atoms with Gasteiger partial charge in [0.1, 0.15) is 5.52 Å². The molecule has 0 radical (unpaired) electrons. The van der Waals surface area contributed by atoms with Crippen LogP contribution in [0.25, 0.3) is 11.0 Å². The molecule has 0 saturated carbocycles. The number of aromatic nitrogens is 2. The molecule has 2 aromatic heterocycles. The van der Waals surface area contributed by atoms with E-state index in [1.165, 1.54) is 0 Å². The Labute approximate surface area is 128 Å². The highest BCUT2D eigenvalue weighted by Crippen LogP contribution is 2.22. The van der Waals surface area contributed by atoms with Crippen molar-refractivity contribution in [3.63, 3.8) is 0 Å². The molecule has 2 aromatic rings. The molecular weight excluding hydrogens is 316 g/mol. The van der Waals surface area contributed by atoms with E-state index in [0.29, 0.717) is 6.04 Å². The monoisotopic (exact) mass is 336 g/mol. The first kappa shape index (κ1) is 15.2. The Morgan fingerprint density at radius 1 is 1.30 bits per heavy atom. The molecule has 0 fully saturated rings. The van der Waals surface area contributed by atoms with Gasteiger partial charge in [0, 0.05) is 29.5 Å². The first-order valence-corrected chi connectivity index (χ1v) is 7.83. The highest BCUT2D eigenvalue weighted by molar-refractivity contribution is 9.10. The molecule has 0 saturated heterocycles. The Kier molecular flexibility index (Phi) is 5.31. The predicted octanol–water partition coefficient (Wildman–Crippen LogP) is 3.53. The van der Waals surface area contributed by atoms with Gasteiger partial charge in [0.05, 0.1) is 11.2 Å². The number of halogens is 1. The van der Waals surface area contributed by atoms with Crippen molar-refractivity contribution in [1.82, 2.24) is 14.9 Å². The van der Waals surface area contributed by atoms with Gasteiger partial charge in [-0.05, 0) is 48.1 Å². The van der Waals surface area contributed by atoms with E-state index in [2.05, 4.69) is 56.9 Å². The van der Waals surface area contributed by atoms with Gasteiger partial charge in [-0.15, -0.1) is 0 Å². The van der Waals surface area contributed by atoms with Crippen LogP contribution >= 0.6 is 15.9 Å². The average molecular weight is 337 g/mol. The summed E-state index contributed by atoms with van der Waals surface area (Å²) < 4.78 is 0.950. The fourth-order valence-corrected chi connectivity index (χ4v) is 2.70. The summed E-state index contributed by atoms with van der Waals surface area (Å²) in [5, 5.41) is 3.50. The van der Waals surface area contributed by atoms with Crippen LogP contribution in [0.15, 0.2) is 29.0 Å². The van der Waals surface area contributed by atoms with Crippen molar-refractivity contribution in [3.8, 4) is 0 Å². The van der Waals surface area contributed by atoms with Crippen molar-refractivity contribution in [2.24, 2.45) is 0 Å². The highest BCUT2D eigenvalue weighted by atomic mass is 79.9. The summed E-state index contributed by atoms with van der Waals surface area (Å²) in [6.07, 6.45) is 3.63. The molecule has 108 valence electrons. The second-order valence-electron chi connectivity index (χ2n) is 4.83. The van der Waals surface area contributed by atoms with Crippen LogP contribution in [0.4, 0.5) is 5.69 Å². The molecule has 1 unspecified atom stereocenters. The number of hydrogen-bond acceptors (Lipinski definition) is 4. The minimum Gasteiger partial charge on any atom is -0.382 e. The van der Waals surface area contributed by atoms with Crippen molar-refractivity contribution >= 4 is 32.7 Å². The van der Waals surface area contributed by atoms with Gasteiger partial charge in [-0.25, -0.2) is 0 Å².